The van der Waals surface area contributed by atoms with Crippen LogP contribution in [0.5, 0.6) is 0 Å². The maximum atomic E-state index is 4.93. The van der Waals surface area contributed by atoms with Crippen molar-refractivity contribution in [1.29, 1.82) is 0 Å². The van der Waals surface area contributed by atoms with E-state index in [1.165, 1.54) is 49.9 Å². The number of hydrogen-bond donors (Lipinski definition) is 0. The van der Waals surface area contributed by atoms with Crippen molar-refractivity contribution in [2.24, 2.45) is 0 Å². The number of nitrogens with zero attached hydrogens (tertiary/aromatic N) is 2. The fourth-order valence-electron chi connectivity index (χ4n) is 2.08. The minimum absolute atomic E-state index is 0.826. The first kappa shape index (κ1) is 23.0. The van der Waals surface area contributed by atoms with Gasteiger partial charge in [-0.2, -0.15) is 24.3 Å². The van der Waals surface area contributed by atoms with Crippen LogP contribution >= 0.6 is 17.0 Å². The molecule has 2 aromatic heterocycles. The molecule has 0 unspecified atom stereocenters. The molecule has 2 rings (SSSR count). The summed E-state index contributed by atoms with van der Waals surface area (Å²) < 4.78 is 0. The van der Waals surface area contributed by atoms with Gasteiger partial charge in [-0.3, -0.25) is 0 Å². The van der Waals surface area contributed by atoms with Gasteiger partial charge in [0, 0.05) is 0 Å². The molecular formula is C18H28Cl2N2Zr. The summed E-state index contributed by atoms with van der Waals surface area (Å²) in [7, 11) is 9.87. The van der Waals surface area contributed by atoms with Gasteiger partial charge in [-0.25, -0.2) is 0 Å². The van der Waals surface area contributed by atoms with E-state index in [4.69, 9.17) is 17.0 Å². The second-order valence-corrected chi connectivity index (χ2v) is 8.97. The van der Waals surface area contributed by atoms with Crippen molar-refractivity contribution in [3.63, 3.8) is 0 Å². The summed E-state index contributed by atoms with van der Waals surface area (Å²) in [5.41, 5.74) is 2.49. The number of aryl methyl sites for hydroxylation is 2. The van der Waals surface area contributed by atoms with Crippen LogP contribution < -0.4 is 0 Å². The first-order chi connectivity index (χ1) is 11.3. The van der Waals surface area contributed by atoms with Crippen molar-refractivity contribution in [3.05, 3.63) is 48.0 Å². The Morgan fingerprint density at radius 1 is 0.783 bits per heavy atom. The number of rotatable bonds is 8. The Bertz CT molecular complexity index is 376. The summed E-state index contributed by atoms with van der Waals surface area (Å²) in [5.74, 6) is 0. The molecule has 5 heteroatoms. The molecule has 2 heterocycles. The van der Waals surface area contributed by atoms with Gasteiger partial charge in [0.15, 0.2) is 0 Å². The predicted molar refractivity (Wildman–Crippen MR) is 97.8 cm³/mol. The van der Waals surface area contributed by atoms with Crippen LogP contribution in [0.3, 0.4) is 0 Å². The fraction of sp³-hybridized carbons (Fsp3) is 0.556. The normalized spacial score (nSPS) is 9.22. The van der Waals surface area contributed by atoms with E-state index in [0.29, 0.717) is 0 Å². The van der Waals surface area contributed by atoms with Crippen molar-refractivity contribution in [2.45, 2.75) is 65.2 Å². The topological polar surface area (TPSA) is 25.8 Å². The van der Waals surface area contributed by atoms with Crippen LogP contribution in [-0.2, 0) is 33.7 Å². The minimum atomic E-state index is -0.826. The molecule has 0 amide bonds. The van der Waals surface area contributed by atoms with E-state index in [2.05, 4.69) is 35.9 Å². The Kier molecular flexibility index (Phi) is 18.4. The molecule has 23 heavy (non-hydrogen) atoms. The number of hydrogen-bond acceptors (Lipinski definition) is 2. The van der Waals surface area contributed by atoms with Crippen molar-refractivity contribution in [2.75, 3.05) is 0 Å². The molecule has 0 N–H and O–H groups in total. The van der Waals surface area contributed by atoms with Crippen molar-refractivity contribution in [1.82, 2.24) is 9.97 Å². The van der Waals surface area contributed by atoms with E-state index in [-0.39, 0.29) is 0 Å². The predicted octanol–water partition coefficient (Wildman–Crippen LogP) is 6.44. The van der Waals surface area contributed by atoms with Crippen molar-refractivity contribution >= 4 is 17.0 Å². The molecule has 0 fully saturated rings. The zero-order chi connectivity index (χ0) is 17.2. The zero-order valence-corrected chi connectivity index (χ0v) is 18.2. The van der Waals surface area contributed by atoms with Crippen molar-refractivity contribution in [3.8, 4) is 0 Å². The molecule has 0 saturated heterocycles. The Balaban J connectivity index is 0.000000360. The summed E-state index contributed by atoms with van der Waals surface area (Å²) in [5, 5.41) is 0. The molecule has 0 aliphatic rings. The first-order valence-corrected chi connectivity index (χ1v) is 14.7. The average Bonchev–Trinajstić information content (AvgIpc) is 3.23. The average molecular weight is 435 g/mol. The van der Waals surface area contributed by atoms with E-state index in [1.807, 2.05) is 24.5 Å². The van der Waals surface area contributed by atoms with E-state index in [1.54, 1.807) is 0 Å². The van der Waals surface area contributed by atoms with Crippen LogP contribution in [0.15, 0.2) is 36.7 Å². The second-order valence-electron chi connectivity index (χ2n) is 5.24. The monoisotopic (exact) mass is 432 g/mol. The summed E-state index contributed by atoms with van der Waals surface area (Å²) >= 11 is -0.826. The number of aromatic nitrogens is 2. The molecular weight excluding hydrogens is 406 g/mol. The van der Waals surface area contributed by atoms with E-state index in [0.717, 1.165) is 12.8 Å². The van der Waals surface area contributed by atoms with Gasteiger partial charge in [-0.05, 0) is 0 Å². The molecule has 0 bridgehead atoms. The molecule has 0 atom stereocenters. The SMILES string of the molecule is CCCCC[c-]1cccn1.CCCCC[c-]1cccn1.[Cl][Zr+2][Cl]. The standard InChI is InChI=1S/2C9H14N.2ClH.Zr/c2*1-2-3-4-6-9-7-5-8-10-9;;;/h2*5,7-8H,2-4,6H2,1H3;2*1H;/q2*-1;;;+4/p-2. The van der Waals surface area contributed by atoms with Gasteiger partial charge >= 0.3 is 37.9 Å². The zero-order valence-electron chi connectivity index (χ0n) is 14.3. The third-order valence-corrected chi connectivity index (χ3v) is 3.30. The summed E-state index contributed by atoms with van der Waals surface area (Å²) in [6.07, 6.45) is 13.8. The summed E-state index contributed by atoms with van der Waals surface area (Å²) in [6.45, 7) is 4.44. The van der Waals surface area contributed by atoms with Gasteiger partial charge in [-0.15, -0.1) is 12.4 Å². The van der Waals surface area contributed by atoms with Gasteiger partial charge in [0.25, 0.3) is 0 Å². The second kappa shape index (κ2) is 18.4. The van der Waals surface area contributed by atoms with Crippen LogP contribution in [0.2, 0.25) is 0 Å². The molecule has 2 nitrogen and oxygen atoms in total. The van der Waals surface area contributed by atoms with Gasteiger partial charge < -0.3 is 9.97 Å². The third-order valence-electron chi connectivity index (χ3n) is 3.30. The molecule has 0 spiro atoms. The Morgan fingerprint density at radius 2 is 1.17 bits per heavy atom. The van der Waals surface area contributed by atoms with Crippen LogP contribution in [0, 0.1) is 0 Å². The number of halogens is 2. The molecule has 0 aromatic carbocycles. The Morgan fingerprint density at radius 3 is 1.43 bits per heavy atom. The fourth-order valence-corrected chi connectivity index (χ4v) is 2.08. The van der Waals surface area contributed by atoms with Crippen molar-refractivity contribution < 1.29 is 20.8 Å². The van der Waals surface area contributed by atoms with E-state index < -0.39 is 20.8 Å². The summed E-state index contributed by atoms with van der Waals surface area (Å²) in [6, 6.07) is 8.19. The third kappa shape index (κ3) is 15.3. The molecule has 2 aromatic rings. The van der Waals surface area contributed by atoms with Gasteiger partial charge in [-0.1, -0.05) is 76.6 Å². The van der Waals surface area contributed by atoms with Gasteiger partial charge in [0.05, 0.1) is 0 Å². The van der Waals surface area contributed by atoms with E-state index >= 15 is 0 Å². The van der Waals surface area contributed by atoms with Gasteiger partial charge in [0.2, 0.25) is 0 Å². The molecule has 0 aliphatic carbocycles. The maximum absolute atomic E-state index is 4.93. The summed E-state index contributed by atoms with van der Waals surface area (Å²) in [4.78, 5) is 8.38. The van der Waals surface area contributed by atoms with E-state index in [9.17, 15) is 0 Å². The molecule has 0 aliphatic heterocycles. The van der Waals surface area contributed by atoms with Crippen LogP contribution in [0.1, 0.15) is 63.8 Å². The van der Waals surface area contributed by atoms with Crippen LogP contribution in [0.25, 0.3) is 0 Å². The first-order valence-electron chi connectivity index (χ1n) is 8.37. The molecule has 0 saturated carbocycles. The quantitative estimate of drug-likeness (QED) is 0.353. The van der Waals surface area contributed by atoms with Crippen LogP contribution in [-0.4, -0.2) is 9.97 Å². The van der Waals surface area contributed by atoms with Gasteiger partial charge in [0.1, 0.15) is 0 Å². The Labute approximate surface area is 160 Å². The molecule has 0 radical (unpaired) electrons. The molecule has 128 valence electrons. The van der Waals surface area contributed by atoms with Crippen LogP contribution in [0.4, 0.5) is 0 Å². The Hall–Kier alpha value is 0.0231. The number of unbranched alkanes of at least 4 members (excludes halogenated alkanes) is 4.